The van der Waals surface area contributed by atoms with Gasteiger partial charge in [-0.3, -0.25) is 0 Å². The maximum Gasteiger partial charge on any atom is -0.0156 e. The van der Waals surface area contributed by atoms with E-state index in [1.54, 1.807) is 0 Å². The van der Waals surface area contributed by atoms with Gasteiger partial charge in [-0.1, -0.05) is 152 Å². The van der Waals surface area contributed by atoms with Crippen molar-refractivity contribution in [2.45, 2.75) is 0 Å². The van der Waals surface area contributed by atoms with Crippen molar-refractivity contribution in [1.82, 2.24) is 0 Å². The Kier molecular flexibility index (Phi) is 6.68. The molecular weight excluding hydrogens is 434 g/mol. The lowest BCUT2D eigenvalue weighted by molar-refractivity contribution is 1.73. The van der Waals surface area contributed by atoms with Crippen LogP contribution >= 0.6 is 14.8 Å². The van der Waals surface area contributed by atoms with Crippen LogP contribution in [0.3, 0.4) is 0 Å². The fourth-order valence-electron chi connectivity index (χ4n) is 4.27. The molecule has 0 amide bonds. The number of hydrogen-bond donors (Lipinski definition) is 0. The van der Waals surface area contributed by atoms with Crippen molar-refractivity contribution in [1.29, 1.82) is 0 Å². The Balaban J connectivity index is 1.90. The second kappa shape index (κ2) is 10.2. The van der Waals surface area contributed by atoms with E-state index in [1.165, 1.54) is 26.5 Å². The van der Waals surface area contributed by atoms with Gasteiger partial charge in [0.05, 0.1) is 0 Å². The molecule has 5 aromatic rings. The van der Waals surface area contributed by atoms with Gasteiger partial charge in [-0.05, 0) is 46.9 Å². The maximum absolute atomic E-state index is 2.72. The molecule has 0 saturated carbocycles. The molecule has 0 aliphatic rings. The average molecular weight is 460 g/mol. The van der Waals surface area contributed by atoms with Crippen LogP contribution in [0.15, 0.2) is 152 Å². The van der Waals surface area contributed by atoms with Crippen molar-refractivity contribution in [2.24, 2.45) is 0 Å². The summed E-state index contributed by atoms with van der Waals surface area (Å²) in [6.07, 6.45) is 0. The first kappa shape index (κ1) is 21.7. The molecule has 0 atom stereocenters. The Hall–Kier alpha value is -3.17. The predicted molar refractivity (Wildman–Crippen MR) is 150 cm³/mol. The van der Waals surface area contributed by atoms with Gasteiger partial charge in [-0.2, -0.15) is 0 Å². The Morgan fingerprint density at radius 2 is 0.636 bits per heavy atom. The van der Waals surface area contributed by atoms with Crippen molar-refractivity contribution >= 4 is 46.9 Å². The third-order valence-corrected chi connectivity index (χ3v) is 13.2. The summed E-state index contributed by atoms with van der Waals surface area (Å²) < 4.78 is 0. The summed E-state index contributed by atoms with van der Waals surface area (Å²) in [6.45, 7) is -2.04. The summed E-state index contributed by atoms with van der Waals surface area (Å²) in [5.74, 6) is 0. The molecule has 0 bridgehead atoms. The van der Waals surface area contributed by atoms with Gasteiger partial charge >= 0.3 is 0 Å². The summed E-state index contributed by atoms with van der Waals surface area (Å²) in [7, 11) is -0.685. The molecule has 0 aromatic heterocycles. The average Bonchev–Trinajstić information content (AvgIpc) is 2.92. The zero-order chi connectivity index (χ0) is 22.3. The molecule has 0 aliphatic carbocycles. The zero-order valence-electron chi connectivity index (χ0n) is 18.4. The van der Waals surface area contributed by atoms with E-state index in [2.05, 4.69) is 157 Å². The largest absolute Gasteiger partial charge is 0.0622 e. The molecule has 5 rings (SSSR count). The monoisotopic (exact) mass is 460 g/mol. The molecule has 0 aliphatic heterocycles. The molecule has 2 heteroatoms. The molecule has 0 nitrogen and oxygen atoms in total. The molecular formula is C31H26P2. The number of rotatable bonds is 6. The summed E-state index contributed by atoms with van der Waals surface area (Å²) in [4.78, 5) is 0. The second-order valence-corrected chi connectivity index (χ2v) is 13.6. The Morgan fingerprint density at radius 3 is 0.939 bits per heavy atom. The van der Waals surface area contributed by atoms with E-state index in [1.807, 2.05) is 0 Å². The SMILES string of the molecule is C(P(c1ccccc1)c1ccccc1)=P(c1ccccc1)(c1ccccc1)c1ccccc1. The van der Waals surface area contributed by atoms with E-state index in [9.17, 15) is 0 Å². The van der Waals surface area contributed by atoms with Gasteiger partial charge in [0.15, 0.2) is 0 Å². The second-order valence-electron chi connectivity index (χ2n) is 7.89. The third-order valence-electron chi connectivity index (χ3n) is 5.85. The maximum atomic E-state index is 2.72. The van der Waals surface area contributed by atoms with E-state index >= 15 is 0 Å². The Bertz CT molecular complexity index is 1190. The van der Waals surface area contributed by atoms with Gasteiger partial charge in [0, 0.05) is 0 Å². The van der Waals surface area contributed by atoms with Crippen LogP contribution in [0, 0.1) is 0 Å². The Morgan fingerprint density at radius 1 is 0.364 bits per heavy atom. The fourth-order valence-corrected chi connectivity index (χ4v) is 12.4. The minimum atomic E-state index is -2.04. The number of benzene rings is 5. The summed E-state index contributed by atoms with van der Waals surface area (Å²) in [5.41, 5.74) is 2.72. The highest BCUT2D eigenvalue weighted by Gasteiger charge is 2.27. The van der Waals surface area contributed by atoms with E-state index < -0.39 is 14.8 Å². The molecule has 0 fully saturated rings. The zero-order valence-corrected chi connectivity index (χ0v) is 20.2. The lowest BCUT2D eigenvalue weighted by Gasteiger charge is -2.31. The smallest absolute Gasteiger partial charge is 0.0156 e. The van der Waals surface area contributed by atoms with E-state index in [-0.39, 0.29) is 0 Å². The molecule has 160 valence electrons. The van der Waals surface area contributed by atoms with Gasteiger partial charge in [-0.15, -0.1) is 0 Å². The standard InChI is InChI=1S/C31H26P2/c1-6-16-27(17-7-1)32(28-18-8-2-9-19-28)26-33(29-20-10-3-11-21-29,30-22-12-4-13-23-30)31-24-14-5-15-25-31/h1-26H. The molecule has 0 unspecified atom stereocenters. The van der Waals surface area contributed by atoms with Gasteiger partial charge in [-0.25, -0.2) is 0 Å². The molecule has 0 heterocycles. The first-order valence-corrected chi connectivity index (χ1v) is 14.5. The van der Waals surface area contributed by atoms with Gasteiger partial charge < -0.3 is 0 Å². The van der Waals surface area contributed by atoms with Crippen LogP contribution in [-0.4, -0.2) is 5.54 Å². The Labute approximate surface area is 198 Å². The molecule has 5 aromatic carbocycles. The van der Waals surface area contributed by atoms with Crippen LogP contribution in [0.1, 0.15) is 0 Å². The van der Waals surface area contributed by atoms with E-state index in [4.69, 9.17) is 0 Å². The van der Waals surface area contributed by atoms with Crippen molar-refractivity contribution in [3.63, 3.8) is 0 Å². The number of hydrogen-bond acceptors (Lipinski definition) is 0. The van der Waals surface area contributed by atoms with E-state index in [0.717, 1.165) is 0 Å². The van der Waals surface area contributed by atoms with Crippen molar-refractivity contribution in [3.05, 3.63) is 152 Å². The first-order valence-electron chi connectivity index (χ1n) is 11.2. The lowest BCUT2D eigenvalue weighted by Crippen LogP contribution is -2.28. The lowest BCUT2D eigenvalue weighted by atomic mass is 10.4. The summed E-state index contributed by atoms with van der Waals surface area (Å²) in [5, 5.41) is 6.93. The summed E-state index contributed by atoms with van der Waals surface area (Å²) >= 11 is 0. The van der Waals surface area contributed by atoms with Crippen molar-refractivity contribution in [2.75, 3.05) is 0 Å². The van der Waals surface area contributed by atoms with E-state index in [0.29, 0.717) is 0 Å². The predicted octanol–water partition coefficient (Wildman–Crippen LogP) is 5.87. The first-order chi connectivity index (χ1) is 16.4. The van der Waals surface area contributed by atoms with Crippen LogP contribution < -0.4 is 26.5 Å². The van der Waals surface area contributed by atoms with Crippen molar-refractivity contribution in [3.8, 4) is 0 Å². The third kappa shape index (κ3) is 4.51. The highest BCUT2D eigenvalue weighted by molar-refractivity contribution is 8.07. The van der Waals surface area contributed by atoms with Gasteiger partial charge in [0.1, 0.15) is 0 Å². The fraction of sp³-hybridized carbons (Fsp3) is 0. The highest BCUT2D eigenvalue weighted by atomic mass is 31.2. The van der Waals surface area contributed by atoms with Crippen LogP contribution in [0.2, 0.25) is 0 Å². The molecule has 33 heavy (non-hydrogen) atoms. The normalized spacial score (nSPS) is 11.3. The van der Waals surface area contributed by atoms with Crippen molar-refractivity contribution < 1.29 is 0 Å². The minimum absolute atomic E-state index is 0.685. The van der Waals surface area contributed by atoms with Crippen LogP contribution in [-0.2, 0) is 0 Å². The van der Waals surface area contributed by atoms with Gasteiger partial charge in [0.2, 0.25) is 0 Å². The molecule has 0 radical (unpaired) electrons. The van der Waals surface area contributed by atoms with Crippen LogP contribution in [0.25, 0.3) is 0 Å². The van der Waals surface area contributed by atoms with Crippen LogP contribution in [0.4, 0.5) is 0 Å². The molecule has 0 saturated heterocycles. The minimum Gasteiger partial charge on any atom is -0.0622 e. The topological polar surface area (TPSA) is 0 Å². The summed E-state index contributed by atoms with van der Waals surface area (Å²) in [6, 6.07) is 55.3. The highest BCUT2D eigenvalue weighted by Crippen LogP contribution is 2.50. The van der Waals surface area contributed by atoms with Crippen LogP contribution in [0.5, 0.6) is 0 Å². The molecule has 0 N–H and O–H groups in total. The van der Waals surface area contributed by atoms with Gasteiger partial charge in [0.25, 0.3) is 0 Å². The molecule has 0 spiro atoms. The quantitative estimate of drug-likeness (QED) is 0.278.